The fraction of sp³-hybridized carbons (Fsp3) is 0.385. The van der Waals surface area contributed by atoms with Crippen molar-refractivity contribution in [3.05, 3.63) is 40.3 Å². The zero-order valence-corrected chi connectivity index (χ0v) is 10.9. The number of nitro benzene ring substituents is 1. The van der Waals surface area contributed by atoms with E-state index in [1.54, 1.807) is 12.1 Å². The molecule has 0 radical (unpaired) electrons. The minimum Gasteiger partial charge on any atom is -0.338 e. The SMILES string of the molecule is O=[N+]([O-])c1ccc(-c2noc(CN3CCCC3)n2)cc1. The Morgan fingerprint density at radius 2 is 1.95 bits per heavy atom. The predicted molar refractivity (Wildman–Crippen MR) is 70.9 cm³/mol. The summed E-state index contributed by atoms with van der Waals surface area (Å²) in [5.41, 5.74) is 0.765. The zero-order valence-electron chi connectivity index (χ0n) is 10.9. The quantitative estimate of drug-likeness (QED) is 0.627. The van der Waals surface area contributed by atoms with Gasteiger partial charge in [-0.3, -0.25) is 15.0 Å². The van der Waals surface area contributed by atoms with Gasteiger partial charge in [-0.1, -0.05) is 5.16 Å². The molecule has 1 aliphatic heterocycles. The topological polar surface area (TPSA) is 85.3 Å². The Morgan fingerprint density at radius 3 is 2.60 bits per heavy atom. The molecule has 0 amide bonds. The van der Waals surface area contributed by atoms with Gasteiger partial charge in [-0.2, -0.15) is 4.98 Å². The Balaban J connectivity index is 1.73. The highest BCUT2D eigenvalue weighted by Crippen LogP contribution is 2.20. The molecule has 7 heteroatoms. The van der Waals surface area contributed by atoms with Gasteiger partial charge in [-0.25, -0.2) is 0 Å². The van der Waals surface area contributed by atoms with Crippen LogP contribution in [0.2, 0.25) is 0 Å². The highest BCUT2D eigenvalue weighted by Gasteiger charge is 2.16. The minimum atomic E-state index is -0.432. The van der Waals surface area contributed by atoms with Crippen LogP contribution in [0.15, 0.2) is 28.8 Å². The van der Waals surface area contributed by atoms with Crippen LogP contribution in [0.25, 0.3) is 11.4 Å². The van der Waals surface area contributed by atoms with E-state index in [9.17, 15) is 10.1 Å². The van der Waals surface area contributed by atoms with Gasteiger partial charge in [-0.05, 0) is 38.1 Å². The number of likely N-dealkylation sites (tertiary alicyclic amines) is 1. The van der Waals surface area contributed by atoms with Crippen LogP contribution in [0.3, 0.4) is 0 Å². The van der Waals surface area contributed by atoms with Crippen LogP contribution in [0.5, 0.6) is 0 Å². The summed E-state index contributed by atoms with van der Waals surface area (Å²) < 4.78 is 5.22. The summed E-state index contributed by atoms with van der Waals surface area (Å²) in [6.07, 6.45) is 2.42. The van der Waals surface area contributed by atoms with Crippen LogP contribution in [0.1, 0.15) is 18.7 Å². The highest BCUT2D eigenvalue weighted by atomic mass is 16.6. The lowest BCUT2D eigenvalue weighted by molar-refractivity contribution is -0.384. The standard InChI is InChI=1S/C13H14N4O3/c18-17(19)11-5-3-10(4-6-11)13-14-12(20-15-13)9-16-7-1-2-8-16/h3-6H,1-2,7-9H2. The van der Waals surface area contributed by atoms with E-state index >= 15 is 0 Å². The van der Waals surface area contributed by atoms with Gasteiger partial charge in [0, 0.05) is 17.7 Å². The molecule has 1 aromatic carbocycles. The number of aromatic nitrogens is 2. The van der Waals surface area contributed by atoms with Crippen LogP contribution in [-0.2, 0) is 6.54 Å². The molecule has 0 spiro atoms. The molecule has 0 atom stereocenters. The van der Waals surface area contributed by atoms with Crippen LogP contribution < -0.4 is 0 Å². The van der Waals surface area contributed by atoms with E-state index in [1.165, 1.54) is 25.0 Å². The van der Waals surface area contributed by atoms with Crippen molar-refractivity contribution in [3.8, 4) is 11.4 Å². The van der Waals surface area contributed by atoms with Gasteiger partial charge in [0.05, 0.1) is 11.5 Å². The highest BCUT2D eigenvalue weighted by molar-refractivity contribution is 5.56. The van der Waals surface area contributed by atoms with E-state index < -0.39 is 4.92 Å². The molecular weight excluding hydrogens is 260 g/mol. The second kappa shape index (κ2) is 5.38. The van der Waals surface area contributed by atoms with E-state index in [0.29, 0.717) is 23.8 Å². The molecule has 0 bridgehead atoms. The Morgan fingerprint density at radius 1 is 1.25 bits per heavy atom. The van der Waals surface area contributed by atoms with Crippen molar-refractivity contribution in [3.63, 3.8) is 0 Å². The Labute approximate surface area is 115 Å². The third-order valence-electron chi connectivity index (χ3n) is 3.36. The number of nitro groups is 1. The summed E-state index contributed by atoms with van der Waals surface area (Å²) in [6, 6.07) is 6.13. The molecule has 0 aliphatic carbocycles. The summed E-state index contributed by atoms with van der Waals surface area (Å²) in [5, 5.41) is 14.5. The molecule has 20 heavy (non-hydrogen) atoms. The zero-order chi connectivity index (χ0) is 13.9. The van der Waals surface area contributed by atoms with Crippen molar-refractivity contribution < 1.29 is 9.45 Å². The second-order valence-electron chi connectivity index (χ2n) is 4.80. The first kappa shape index (κ1) is 12.7. The molecule has 3 rings (SSSR count). The number of benzene rings is 1. The van der Waals surface area contributed by atoms with Crippen molar-refractivity contribution in [1.82, 2.24) is 15.0 Å². The molecule has 2 aromatic rings. The van der Waals surface area contributed by atoms with Gasteiger partial charge >= 0.3 is 0 Å². The second-order valence-corrected chi connectivity index (χ2v) is 4.80. The van der Waals surface area contributed by atoms with Crippen LogP contribution >= 0.6 is 0 Å². The number of rotatable bonds is 4. The molecule has 0 N–H and O–H groups in total. The van der Waals surface area contributed by atoms with E-state index in [4.69, 9.17) is 4.52 Å². The summed E-state index contributed by atoms with van der Waals surface area (Å²) in [4.78, 5) is 16.8. The van der Waals surface area contributed by atoms with Crippen molar-refractivity contribution in [1.29, 1.82) is 0 Å². The molecule has 2 heterocycles. The summed E-state index contributed by atoms with van der Waals surface area (Å²) in [6.45, 7) is 2.80. The first-order chi connectivity index (χ1) is 9.72. The fourth-order valence-corrected chi connectivity index (χ4v) is 2.30. The van der Waals surface area contributed by atoms with Gasteiger partial charge in [0.25, 0.3) is 5.69 Å². The molecule has 1 fully saturated rings. The third kappa shape index (κ3) is 2.67. The lowest BCUT2D eigenvalue weighted by Gasteiger charge is -2.09. The van der Waals surface area contributed by atoms with Gasteiger partial charge < -0.3 is 4.52 Å². The molecular formula is C13H14N4O3. The minimum absolute atomic E-state index is 0.0505. The average molecular weight is 274 g/mol. The molecule has 7 nitrogen and oxygen atoms in total. The number of hydrogen-bond acceptors (Lipinski definition) is 6. The molecule has 104 valence electrons. The van der Waals surface area contributed by atoms with Crippen molar-refractivity contribution >= 4 is 5.69 Å². The summed E-state index contributed by atoms with van der Waals surface area (Å²) >= 11 is 0. The predicted octanol–water partition coefficient (Wildman–Crippen LogP) is 2.24. The van der Waals surface area contributed by atoms with Gasteiger partial charge in [0.2, 0.25) is 11.7 Å². The van der Waals surface area contributed by atoms with Crippen LogP contribution in [-0.4, -0.2) is 33.1 Å². The van der Waals surface area contributed by atoms with Crippen molar-refractivity contribution in [2.75, 3.05) is 13.1 Å². The van der Waals surface area contributed by atoms with E-state index in [2.05, 4.69) is 15.0 Å². The maximum absolute atomic E-state index is 10.6. The number of hydrogen-bond donors (Lipinski definition) is 0. The van der Waals surface area contributed by atoms with Crippen molar-refractivity contribution in [2.24, 2.45) is 0 Å². The molecule has 1 aliphatic rings. The molecule has 0 saturated carbocycles. The number of non-ortho nitro benzene ring substituents is 1. The van der Waals surface area contributed by atoms with Crippen molar-refractivity contribution in [2.45, 2.75) is 19.4 Å². The maximum Gasteiger partial charge on any atom is 0.269 e. The fourth-order valence-electron chi connectivity index (χ4n) is 2.30. The lowest BCUT2D eigenvalue weighted by atomic mass is 10.2. The molecule has 1 saturated heterocycles. The number of nitrogens with zero attached hydrogens (tertiary/aromatic N) is 4. The smallest absolute Gasteiger partial charge is 0.269 e. The van der Waals surface area contributed by atoms with Gasteiger partial charge in [0.1, 0.15) is 0 Å². The Bertz CT molecular complexity index is 602. The van der Waals surface area contributed by atoms with E-state index in [1.807, 2.05) is 0 Å². The van der Waals surface area contributed by atoms with Gasteiger partial charge in [-0.15, -0.1) is 0 Å². The third-order valence-corrected chi connectivity index (χ3v) is 3.36. The monoisotopic (exact) mass is 274 g/mol. The first-order valence-corrected chi connectivity index (χ1v) is 6.52. The lowest BCUT2D eigenvalue weighted by Crippen LogP contribution is -2.18. The normalized spacial score (nSPS) is 15.6. The average Bonchev–Trinajstić information content (AvgIpc) is 3.11. The van der Waals surface area contributed by atoms with E-state index in [-0.39, 0.29) is 5.69 Å². The summed E-state index contributed by atoms with van der Waals surface area (Å²) in [5.74, 6) is 1.05. The summed E-state index contributed by atoms with van der Waals surface area (Å²) in [7, 11) is 0. The van der Waals surface area contributed by atoms with E-state index in [0.717, 1.165) is 13.1 Å². The Hall–Kier alpha value is -2.28. The van der Waals surface area contributed by atoms with Gasteiger partial charge in [0.15, 0.2) is 0 Å². The first-order valence-electron chi connectivity index (χ1n) is 6.52. The maximum atomic E-state index is 10.6. The Kier molecular flexibility index (Phi) is 3.42. The molecule has 0 unspecified atom stereocenters. The molecule has 1 aromatic heterocycles. The van der Waals surface area contributed by atoms with Crippen LogP contribution in [0.4, 0.5) is 5.69 Å². The van der Waals surface area contributed by atoms with Crippen LogP contribution in [0, 0.1) is 10.1 Å². The largest absolute Gasteiger partial charge is 0.338 e.